The SMILES string of the molecule is CC/C=C\C/C=C\C/C=C\C/C=C\C/C=C\CCCC(=O)OC(COC(=O)CCCCCCC/C=C\C/C=C\CCC)COP(=O)(O)OCC(CO)OC(=O)CCCCCCC/C=C\CCCC. The van der Waals surface area contributed by atoms with Gasteiger partial charge >= 0.3 is 25.7 Å². The fraction of sp³-hybridized carbons (Fsp3) is 0.661. The van der Waals surface area contributed by atoms with Gasteiger partial charge in [0.25, 0.3) is 0 Å². The summed E-state index contributed by atoms with van der Waals surface area (Å²) in [6, 6.07) is 0. The van der Waals surface area contributed by atoms with E-state index >= 15 is 0 Å². The summed E-state index contributed by atoms with van der Waals surface area (Å²) in [5, 5.41) is 9.76. The lowest BCUT2D eigenvalue weighted by molar-refractivity contribution is -0.161. The van der Waals surface area contributed by atoms with Crippen LogP contribution in [0.2, 0.25) is 0 Å². The number of rotatable bonds is 47. The highest BCUT2D eigenvalue weighted by Crippen LogP contribution is 2.43. The third-order valence-corrected chi connectivity index (χ3v) is 11.4. The van der Waals surface area contributed by atoms with Gasteiger partial charge in [-0.05, 0) is 103 Å². The van der Waals surface area contributed by atoms with E-state index in [1.807, 2.05) is 12.2 Å². The molecule has 0 spiro atoms. The van der Waals surface area contributed by atoms with Gasteiger partial charge in [-0.2, -0.15) is 0 Å². The molecule has 0 aromatic rings. The Morgan fingerprint density at radius 1 is 0.426 bits per heavy atom. The summed E-state index contributed by atoms with van der Waals surface area (Å²) in [5.41, 5.74) is 0. The molecule has 0 aliphatic heterocycles. The van der Waals surface area contributed by atoms with Gasteiger partial charge in [0, 0.05) is 19.3 Å². The fourth-order valence-corrected chi connectivity index (χ4v) is 7.25. The van der Waals surface area contributed by atoms with E-state index in [4.69, 9.17) is 23.3 Å². The highest BCUT2D eigenvalue weighted by molar-refractivity contribution is 7.47. The number of allylic oxidation sites excluding steroid dienone is 16. The van der Waals surface area contributed by atoms with Crippen molar-refractivity contribution in [2.75, 3.05) is 26.4 Å². The Kier molecular flexibility index (Phi) is 47.2. The normalized spacial score (nSPS) is 14.2. The van der Waals surface area contributed by atoms with Crippen molar-refractivity contribution in [2.24, 2.45) is 0 Å². The van der Waals surface area contributed by atoms with Gasteiger partial charge in [0.1, 0.15) is 12.7 Å². The number of aliphatic hydroxyl groups is 1. The van der Waals surface area contributed by atoms with Gasteiger partial charge in [-0.1, -0.05) is 176 Å². The van der Waals surface area contributed by atoms with Crippen LogP contribution >= 0.6 is 7.82 Å². The van der Waals surface area contributed by atoms with Gasteiger partial charge in [-0.3, -0.25) is 23.4 Å². The van der Waals surface area contributed by atoms with Crippen LogP contribution in [0.25, 0.3) is 0 Å². The van der Waals surface area contributed by atoms with Crippen molar-refractivity contribution < 1.29 is 52.2 Å². The van der Waals surface area contributed by atoms with E-state index in [1.54, 1.807) is 0 Å². The van der Waals surface area contributed by atoms with Crippen LogP contribution in [0.3, 0.4) is 0 Å². The first-order chi connectivity index (χ1) is 33.2. The molecule has 2 N–H and O–H groups in total. The zero-order chi connectivity index (χ0) is 49.9. The van der Waals surface area contributed by atoms with Gasteiger partial charge in [-0.15, -0.1) is 0 Å². The summed E-state index contributed by atoms with van der Waals surface area (Å²) in [7, 11) is -4.76. The Labute approximate surface area is 412 Å². The number of phosphoric ester groups is 1. The predicted molar refractivity (Wildman–Crippen MR) is 279 cm³/mol. The molecular formula is C56H93O11P. The zero-order valence-electron chi connectivity index (χ0n) is 42.5. The lowest BCUT2D eigenvalue weighted by Gasteiger charge is -2.21. The van der Waals surface area contributed by atoms with Crippen LogP contribution in [0.15, 0.2) is 97.2 Å². The molecule has 0 aliphatic carbocycles. The average Bonchev–Trinajstić information content (AvgIpc) is 3.32. The van der Waals surface area contributed by atoms with Crippen molar-refractivity contribution >= 4 is 25.7 Å². The number of hydrogen-bond donors (Lipinski definition) is 2. The summed E-state index contributed by atoms with van der Waals surface area (Å²) in [4.78, 5) is 48.3. The largest absolute Gasteiger partial charge is 0.472 e. The maximum Gasteiger partial charge on any atom is 0.472 e. The van der Waals surface area contributed by atoms with Crippen molar-refractivity contribution in [3.8, 4) is 0 Å². The van der Waals surface area contributed by atoms with Crippen LogP contribution in [-0.2, 0) is 42.2 Å². The monoisotopic (exact) mass is 973 g/mol. The summed E-state index contributed by atoms with van der Waals surface area (Å²) in [6.07, 6.45) is 56.7. The van der Waals surface area contributed by atoms with Crippen molar-refractivity contribution in [3.05, 3.63) is 97.2 Å². The molecule has 0 heterocycles. The molecular weight excluding hydrogens is 880 g/mol. The number of aliphatic hydroxyl groups excluding tert-OH is 1. The molecule has 0 rings (SSSR count). The molecule has 0 bridgehead atoms. The molecule has 0 aromatic heterocycles. The number of hydrogen-bond acceptors (Lipinski definition) is 10. The lowest BCUT2D eigenvalue weighted by Crippen LogP contribution is -2.30. The molecule has 0 fully saturated rings. The summed E-state index contributed by atoms with van der Waals surface area (Å²) >= 11 is 0. The fourth-order valence-electron chi connectivity index (χ4n) is 6.47. The first-order valence-electron chi connectivity index (χ1n) is 26.1. The van der Waals surface area contributed by atoms with Gasteiger partial charge < -0.3 is 24.2 Å². The van der Waals surface area contributed by atoms with Gasteiger partial charge in [0.05, 0.1) is 19.8 Å². The highest BCUT2D eigenvalue weighted by atomic mass is 31.2. The summed E-state index contributed by atoms with van der Waals surface area (Å²) in [6.45, 7) is 4.30. The molecule has 12 heteroatoms. The molecule has 0 aliphatic rings. The van der Waals surface area contributed by atoms with E-state index in [0.29, 0.717) is 25.7 Å². The number of carbonyl (C=O) groups is 3. The van der Waals surface area contributed by atoms with E-state index in [2.05, 4.69) is 106 Å². The zero-order valence-corrected chi connectivity index (χ0v) is 43.4. The standard InChI is InChI=1S/C56H93O11P/c1-4-7-10-13-16-19-22-24-25-26-27-29-32-35-38-41-44-47-56(60)67-53(49-63-54(58)45-42-39-36-33-31-28-23-20-17-14-11-8-5-2)51-65-68(61,62)64-50-52(48-57)66-55(59)46-43-40-37-34-30-21-18-15-12-9-6-3/h7,10-11,14-16,18-20,23-25,27,29,35,38,52-53,57H,4-6,8-9,12-13,17,21-22,26,28,30-34,36-37,39-51H2,1-3H3,(H,61,62)/b10-7-,14-11-,18-15-,19-16-,23-20-,25-24-,29-27-,38-35-. The third-order valence-electron chi connectivity index (χ3n) is 10.4. The van der Waals surface area contributed by atoms with E-state index in [1.165, 1.54) is 12.8 Å². The summed E-state index contributed by atoms with van der Waals surface area (Å²) in [5.74, 6) is -1.57. The van der Waals surface area contributed by atoms with Crippen LogP contribution in [0.4, 0.5) is 0 Å². The molecule has 0 amide bonds. The second-order valence-corrected chi connectivity index (χ2v) is 18.4. The van der Waals surface area contributed by atoms with Crippen molar-refractivity contribution in [3.63, 3.8) is 0 Å². The topological polar surface area (TPSA) is 155 Å². The van der Waals surface area contributed by atoms with Gasteiger partial charge in [0.15, 0.2) is 6.10 Å². The van der Waals surface area contributed by atoms with Crippen LogP contribution in [0.1, 0.15) is 201 Å². The molecule has 0 radical (unpaired) electrons. The Hall–Kier alpha value is -3.60. The predicted octanol–water partition coefficient (Wildman–Crippen LogP) is 14.9. The maximum absolute atomic E-state index is 12.8. The smallest absolute Gasteiger partial charge is 0.462 e. The number of esters is 3. The highest BCUT2D eigenvalue weighted by Gasteiger charge is 2.28. The Bertz CT molecular complexity index is 1510. The van der Waals surface area contributed by atoms with Crippen molar-refractivity contribution in [1.29, 1.82) is 0 Å². The second-order valence-electron chi connectivity index (χ2n) is 16.9. The van der Waals surface area contributed by atoms with Gasteiger partial charge in [-0.25, -0.2) is 4.57 Å². The molecule has 68 heavy (non-hydrogen) atoms. The molecule has 11 nitrogen and oxygen atoms in total. The minimum Gasteiger partial charge on any atom is -0.462 e. The minimum absolute atomic E-state index is 0.0815. The lowest BCUT2D eigenvalue weighted by atomic mass is 10.1. The number of unbranched alkanes of at least 4 members (excludes halogenated alkanes) is 14. The molecule has 0 saturated carbocycles. The molecule has 0 saturated heterocycles. The first-order valence-corrected chi connectivity index (χ1v) is 27.6. The van der Waals surface area contributed by atoms with Crippen molar-refractivity contribution in [2.45, 2.75) is 213 Å². The number of ether oxygens (including phenoxy) is 3. The average molecular weight is 973 g/mol. The van der Waals surface area contributed by atoms with E-state index < -0.39 is 57.8 Å². The quantitative estimate of drug-likeness (QED) is 0.0197. The Morgan fingerprint density at radius 2 is 0.809 bits per heavy atom. The Balaban J connectivity index is 4.88. The van der Waals surface area contributed by atoms with Crippen molar-refractivity contribution in [1.82, 2.24) is 0 Å². The molecule has 3 unspecified atom stereocenters. The third kappa shape index (κ3) is 47.5. The Morgan fingerprint density at radius 3 is 1.31 bits per heavy atom. The van der Waals surface area contributed by atoms with E-state index in [9.17, 15) is 28.9 Å². The summed E-state index contributed by atoms with van der Waals surface area (Å²) < 4.78 is 39.3. The number of phosphoric acid groups is 1. The van der Waals surface area contributed by atoms with Crippen LogP contribution in [0, 0.1) is 0 Å². The molecule has 0 aromatic carbocycles. The second kappa shape index (κ2) is 49.8. The van der Waals surface area contributed by atoms with Gasteiger partial charge in [0.2, 0.25) is 0 Å². The van der Waals surface area contributed by atoms with Crippen LogP contribution < -0.4 is 0 Å². The van der Waals surface area contributed by atoms with E-state index in [0.717, 1.165) is 122 Å². The van der Waals surface area contributed by atoms with Crippen LogP contribution in [-0.4, -0.2) is 66.5 Å². The molecule has 3 atom stereocenters. The van der Waals surface area contributed by atoms with E-state index in [-0.39, 0.29) is 25.9 Å². The number of carbonyl (C=O) groups excluding carboxylic acids is 3. The first kappa shape index (κ1) is 64.4. The molecule has 388 valence electrons. The van der Waals surface area contributed by atoms with Crippen LogP contribution in [0.5, 0.6) is 0 Å². The maximum atomic E-state index is 12.8. The minimum atomic E-state index is -4.76.